The molecule has 0 aliphatic heterocycles. The molecule has 1 amide bonds. The lowest BCUT2D eigenvalue weighted by Crippen LogP contribution is -2.13. The number of nitrogens with zero attached hydrogens (tertiary/aromatic N) is 1. The van der Waals surface area contributed by atoms with Crippen molar-refractivity contribution in [1.29, 1.82) is 0 Å². The van der Waals surface area contributed by atoms with Crippen molar-refractivity contribution in [3.8, 4) is 0 Å². The van der Waals surface area contributed by atoms with E-state index in [1.165, 1.54) is 18.3 Å². The largest absolute Gasteiger partial charge is 0.478 e. The van der Waals surface area contributed by atoms with Crippen molar-refractivity contribution in [2.24, 2.45) is 0 Å². The van der Waals surface area contributed by atoms with Crippen LogP contribution in [0.1, 0.15) is 26.3 Å². The van der Waals surface area contributed by atoms with Crippen LogP contribution in [0.25, 0.3) is 0 Å². The summed E-state index contributed by atoms with van der Waals surface area (Å²) in [6, 6.07) is 9.64. The summed E-state index contributed by atoms with van der Waals surface area (Å²) in [5, 5.41) is 11.5. The first-order chi connectivity index (χ1) is 10.1. The van der Waals surface area contributed by atoms with Gasteiger partial charge in [-0.3, -0.25) is 4.79 Å². The number of methoxy groups -OCH3 is 1. The predicted octanol–water partition coefficient (Wildman–Crippen LogP) is 2.18. The minimum absolute atomic E-state index is 0.0634. The van der Waals surface area contributed by atoms with Crippen LogP contribution in [-0.2, 0) is 11.3 Å². The van der Waals surface area contributed by atoms with Crippen LogP contribution >= 0.6 is 0 Å². The van der Waals surface area contributed by atoms with Crippen LogP contribution in [0.15, 0.2) is 42.6 Å². The Morgan fingerprint density at radius 1 is 1.24 bits per heavy atom. The zero-order valence-corrected chi connectivity index (χ0v) is 11.4. The second kappa shape index (κ2) is 6.62. The van der Waals surface area contributed by atoms with Crippen LogP contribution in [0.4, 0.5) is 5.82 Å². The maximum absolute atomic E-state index is 12.1. The molecule has 0 fully saturated rings. The van der Waals surface area contributed by atoms with Crippen LogP contribution in [0.5, 0.6) is 0 Å². The lowest BCUT2D eigenvalue weighted by Gasteiger charge is -2.06. The quantitative estimate of drug-likeness (QED) is 0.879. The van der Waals surface area contributed by atoms with Crippen LogP contribution in [0.2, 0.25) is 0 Å². The number of carboxylic acids is 1. The number of hydrogen-bond acceptors (Lipinski definition) is 4. The molecular weight excluding hydrogens is 272 g/mol. The molecule has 0 saturated carbocycles. The molecule has 0 spiro atoms. The number of carbonyl (C=O) groups is 2. The maximum atomic E-state index is 12.1. The molecule has 0 atom stereocenters. The van der Waals surface area contributed by atoms with Gasteiger partial charge in [0.15, 0.2) is 0 Å². The van der Waals surface area contributed by atoms with E-state index < -0.39 is 5.97 Å². The third kappa shape index (κ3) is 3.87. The van der Waals surface area contributed by atoms with Crippen molar-refractivity contribution in [2.75, 3.05) is 12.4 Å². The van der Waals surface area contributed by atoms with E-state index in [4.69, 9.17) is 9.84 Å². The van der Waals surface area contributed by atoms with Gasteiger partial charge in [-0.25, -0.2) is 9.78 Å². The number of nitrogens with one attached hydrogen (secondary N) is 1. The predicted molar refractivity (Wildman–Crippen MR) is 76.3 cm³/mol. The molecule has 0 aliphatic rings. The van der Waals surface area contributed by atoms with Crippen LogP contribution < -0.4 is 5.32 Å². The molecule has 0 bridgehead atoms. The number of amides is 1. The molecule has 0 aliphatic carbocycles. The van der Waals surface area contributed by atoms with Crippen molar-refractivity contribution >= 4 is 17.7 Å². The van der Waals surface area contributed by atoms with Crippen molar-refractivity contribution in [2.45, 2.75) is 6.61 Å². The summed E-state index contributed by atoms with van der Waals surface area (Å²) in [6.45, 7) is 0.411. The Hall–Kier alpha value is -2.73. The lowest BCUT2D eigenvalue weighted by atomic mass is 10.1. The van der Waals surface area contributed by atoms with Gasteiger partial charge < -0.3 is 15.2 Å². The van der Waals surface area contributed by atoms with E-state index in [0.29, 0.717) is 12.2 Å². The van der Waals surface area contributed by atoms with Gasteiger partial charge in [0, 0.05) is 18.9 Å². The molecule has 6 heteroatoms. The molecule has 2 rings (SSSR count). The Balaban J connectivity index is 2.16. The molecule has 2 aromatic rings. The third-order valence-electron chi connectivity index (χ3n) is 2.75. The number of anilines is 1. The van der Waals surface area contributed by atoms with Gasteiger partial charge in [0.25, 0.3) is 5.91 Å². The summed E-state index contributed by atoms with van der Waals surface area (Å²) in [7, 11) is 1.58. The van der Waals surface area contributed by atoms with E-state index >= 15 is 0 Å². The minimum Gasteiger partial charge on any atom is -0.478 e. The molecule has 0 saturated heterocycles. The molecule has 108 valence electrons. The smallest absolute Gasteiger partial charge is 0.335 e. The second-order valence-electron chi connectivity index (χ2n) is 4.32. The number of hydrogen-bond donors (Lipinski definition) is 2. The topological polar surface area (TPSA) is 88.5 Å². The monoisotopic (exact) mass is 286 g/mol. The maximum Gasteiger partial charge on any atom is 0.335 e. The van der Waals surface area contributed by atoms with Crippen molar-refractivity contribution < 1.29 is 19.4 Å². The van der Waals surface area contributed by atoms with Gasteiger partial charge in [-0.05, 0) is 29.8 Å². The van der Waals surface area contributed by atoms with E-state index in [-0.39, 0.29) is 17.3 Å². The molecule has 0 radical (unpaired) electrons. The van der Waals surface area contributed by atoms with Crippen molar-refractivity contribution in [3.05, 3.63) is 59.3 Å². The summed E-state index contributed by atoms with van der Waals surface area (Å²) >= 11 is 0. The molecule has 1 aromatic heterocycles. The van der Waals surface area contributed by atoms with Gasteiger partial charge in [0.05, 0.1) is 12.2 Å². The number of benzene rings is 1. The minimum atomic E-state index is -1.07. The van der Waals surface area contributed by atoms with Gasteiger partial charge >= 0.3 is 5.97 Å². The molecule has 6 nitrogen and oxygen atoms in total. The Kier molecular flexibility index (Phi) is 4.63. The average Bonchev–Trinajstić information content (AvgIpc) is 2.48. The zero-order chi connectivity index (χ0) is 15.2. The normalized spacial score (nSPS) is 10.1. The summed E-state index contributed by atoms with van der Waals surface area (Å²) in [5.74, 6) is -1.24. The molecule has 1 heterocycles. The highest BCUT2D eigenvalue weighted by Gasteiger charge is 2.09. The van der Waals surface area contributed by atoms with Crippen LogP contribution in [0, 0.1) is 0 Å². The van der Waals surface area contributed by atoms with Crippen LogP contribution in [0.3, 0.4) is 0 Å². The van der Waals surface area contributed by atoms with E-state index in [9.17, 15) is 9.59 Å². The highest BCUT2D eigenvalue weighted by atomic mass is 16.5. The average molecular weight is 286 g/mol. The summed E-state index contributed by atoms with van der Waals surface area (Å²) in [6.07, 6.45) is 1.33. The second-order valence-corrected chi connectivity index (χ2v) is 4.32. The number of carbonyl (C=O) groups excluding carboxylic acids is 1. The van der Waals surface area contributed by atoms with Gasteiger partial charge in [-0.1, -0.05) is 12.1 Å². The zero-order valence-electron chi connectivity index (χ0n) is 11.4. The van der Waals surface area contributed by atoms with E-state index in [2.05, 4.69) is 10.3 Å². The fourth-order valence-corrected chi connectivity index (χ4v) is 1.79. The van der Waals surface area contributed by atoms with Gasteiger partial charge in [-0.15, -0.1) is 0 Å². The van der Waals surface area contributed by atoms with E-state index in [1.54, 1.807) is 25.3 Å². The van der Waals surface area contributed by atoms with Gasteiger partial charge in [0.2, 0.25) is 0 Å². The number of carboxylic acid groups (broad SMARTS) is 1. The first-order valence-corrected chi connectivity index (χ1v) is 6.18. The lowest BCUT2D eigenvalue weighted by molar-refractivity contribution is 0.0696. The number of ether oxygens (including phenoxy) is 1. The molecule has 0 unspecified atom stereocenters. The number of rotatable bonds is 5. The Labute approximate surface area is 121 Å². The Morgan fingerprint density at radius 2 is 2.05 bits per heavy atom. The number of aromatic carboxylic acids is 1. The molecule has 1 aromatic carbocycles. The first-order valence-electron chi connectivity index (χ1n) is 6.18. The van der Waals surface area contributed by atoms with E-state index in [1.807, 2.05) is 6.07 Å². The highest BCUT2D eigenvalue weighted by molar-refractivity contribution is 6.04. The Bertz CT molecular complexity index is 670. The summed E-state index contributed by atoms with van der Waals surface area (Å²) in [4.78, 5) is 26.9. The van der Waals surface area contributed by atoms with E-state index in [0.717, 1.165) is 5.56 Å². The standard InChI is InChI=1S/C15H14N2O4/c1-21-9-10-3-2-4-11(7-10)14(18)17-13-8-12(15(19)20)5-6-16-13/h2-8H,9H2,1H3,(H,19,20)(H,16,17,18). The molecular formula is C15H14N2O4. The first kappa shape index (κ1) is 14.7. The fraction of sp³-hybridized carbons (Fsp3) is 0.133. The molecule has 21 heavy (non-hydrogen) atoms. The summed E-state index contributed by atoms with van der Waals surface area (Å²) < 4.78 is 5.01. The van der Waals surface area contributed by atoms with Crippen LogP contribution in [-0.4, -0.2) is 29.1 Å². The van der Waals surface area contributed by atoms with Crippen molar-refractivity contribution in [1.82, 2.24) is 4.98 Å². The molecule has 2 N–H and O–H groups in total. The number of aromatic nitrogens is 1. The van der Waals surface area contributed by atoms with Gasteiger partial charge in [0.1, 0.15) is 5.82 Å². The SMILES string of the molecule is COCc1cccc(C(=O)Nc2cc(C(=O)O)ccn2)c1. The highest BCUT2D eigenvalue weighted by Crippen LogP contribution is 2.11. The Morgan fingerprint density at radius 3 is 2.76 bits per heavy atom. The third-order valence-corrected chi connectivity index (χ3v) is 2.75. The van der Waals surface area contributed by atoms with Gasteiger partial charge in [-0.2, -0.15) is 0 Å². The number of pyridine rings is 1. The van der Waals surface area contributed by atoms with Crippen molar-refractivity contribution in [3.63, 3.8) is 0 Å². The summed E-state index contributed by atoms with van der Waals surface area (Å²) in [5.41, 5.74) is 1.39. The fourth-order valence-electron chi connectivity index (χ4n) is 1.79.